The summed E-state index contributed by atoms with van der Waals surface area (Å²) in [5.41, 5.74) is 0.971. The van der Waals surface area contributed by atoms with Crippen molar-refractivity contribution in [3.8, 4) is 0 Å². The molecular weight excluding hydrogens is 238 g/mol. The number of nitrogens with one attached hydrogen (secondary N) is 1. The minimum absolute atomic E-state index is 0.0140. The van der Waals surface area contributed by atoms with Gasteiger partial charge in [-0.05, 0) is 37.1 Å². The Morgan fingerprint density at radius 3 is 2.74 bits per heavy atom. The first kappa shape index (κ1) is 13.3. The van der Waals surface area contributed by atoms with Gasteiger partial charge in [0, 0.05) is 18.6 Å². The molecule has 19 heavy (non-hydrogen) atoms. The highest BCUT2D eigenvalue weighted by Crippen LogP contribution is 2.18. The van der Waals surface area contributed by atoms with E-state index in [1.54, 1.807) is 6.20 Å². The molecule has 1 N–H and O–H groups in total. The molecule has 0 bridgehead atoms. The Morgan fingerprint density at radius 2 is 2.11 bits per heavy atom. The summed E-state index contributed by atoms with van der Waals surface area (Å²) in [5.74, 6) is 0.626. The second kappa shape index (κ2) is 6.18. The van der Waals surface area contributed by atoms with E-state index in [4.69, 9.17) is 0 Å². The Kier molecular flexibility index (Phi) is 4.34. The molecule has 2 aromatic rings. The lowest BCUT2D eigenvalue weighted by atomic mass is 10.1. The molecule has 0 saturated heterocycles. The molecule has 0 radical (unpaired) electrons. The molecule has 4 nitrogen and oxygen atoms in total. The van der Waals surface area contributed by atoms with Gasteiger partial charge in [0.25, 0.3) is 0 Å². The Labute approximate surface area is 113 Å². The molecule has 0 aliphatic heterocycles. The SMILES string of the molecule is CCCC(C(=O)Nc1ncccc1C)n1cccc1. The highest BCUT2D eigenvalue weighted by Gasteiger charge is 2.19. The topological polar surface area (TPSA) is 46.9 Å². The largest absolute Gasteiger partial charge is 0.342 e. The van der Waals surface area contributed by atoms with Crippen molar-refractivity contribution in [3.05, 3.63) is 48.4 Å². The van der Waals surface area contributed by atoms with Crippen molar-refractivity contribution in [1.82, 2.24) is 9.55 Å². The number of rotatable bonds is 5. The van der Waals surface area contributed by atoms with Gasteiger partial charge in [-0.15, -0.1) is 0 Å². The third-order valence-electron chi connectivity index (χ3n) is 3.10. The predicted octanol–water partition coefficient (Wildman–Crippen LogP) is 3.17. The summed E-state index contributed by atoms with van der Waals surface area (Å²) in [5, 5.41) is 2.91. The first-order chi connectivity index (χ1) is 9.22. The first-order valence-electron chi connectivity index (χ1n) is 6.57. The summed E-state index contributed by atoms with van der Waals surface area (Å²) in [6.45, 7) is 4.02. The van der Waals surface area contributed by atoms with Crippen molar-refractivity contribution in [2.45, 2.75) is 32.7 Å². The molecule has 4 heteroatoms. The molecule has 2 heterocycles. The van der Waals surface area contributed by atoms with Crippen molar-refractivity contribution < 1.29 is 4.79 Å². The summed E-state index contributed by atoms with van der Waals surface area (Å²) in [6, 6.07) is 7.48. The summed E-state index contributed by atoms with van der Waals surface area (Å²) in [6.07, 6.45) is 7.30. The molecule has 0 aliphatic carbocycles. The molecule has 2 rings (SSSR count). The molecule has 2 aromatic heterocycles. The monoisotopic (exact) mass is 257 g/mol. The van der Waals surface area contributed by atoms with E-state index in [1.807, 2.05) is 48.1 Å². The Balaban J connectivity index is 2.15. The van der Waals surface area contributed by atoms with Crippen molar-refractivity contribution >= 4 is 11.7 Å². The molecule has 1 unspecified atom stereocenters. The van der Waals surface area contributed by atoms with E-state index >= 15 is 0 Å². The van der Waals surface area contributed by atoms with Crippen LogP contribution in [0.15, 0.2) is 42.9 Å². The van der Waals surface area contributed by atoms with E-state index in [2.05, 4.69) is 17.2 Å². The van der Waals surface area contributed by atoms with Gasteiger partial charge < -0.3 is 9.88 Å². The summed E-state index contributed by atoms with van der Waals surface area (Å²) >= 11 is 0. The van der Waals surface area contributed by atoms with Crippen LogP contribution in [0.2, 0.25) is 0 Å². The van der Waals surface area contributed by atoms with Crippen LogP contribution in [0.25, 0.3) is 0 Å². The number of anilines is 1. The summed E-state index contributed by atoms with van der Waals surface area (Å²) < 4.78 is 1.94. The van der Waals surface area contributed by atoms with E-state index in [0.717, 1.165) is 18.4 Å². The highest BCUT2D eigenvalue weighted by molar-refractivity contribution is 5.93. The van der Waals surface area contributed by atoms with E-state index in [0.29, 0.717) is 5.82 Å². The minimum atomic E-state index is -0.179. The van der Waals surface area contributed by atoms with Crippen LogP contribution < -0.4 is 5.32 Å². The van der Waals surface area contributed by atoms with Gasteiger partial charge in [-0.3, -0.25) is 4.79 Å². The third-order valence-corrected chi connectivity index (χ3v) is 3.10. The second-order valence-electron chi connectivity index (χ2n) is 4.59. The van der Waals surface area contributed by atoms with E-state index in [-0.39, 0.29) is 11.9 Å². The van der Waals surface area contributed by atoms with E-state index in [1.165, 1.54) is 0 Å². The number of hydrogen-bond donors (Lipinski definition) is 1. The maximum atomic E-state index is 12.4. The maximum absolute atomic E-state index is 12.4. The number of aromatic nitrogens is 2. The Hall–Kier alpha value is -2.10. The fourth-order valence-electron chi connectivity index (χ4n) is 2.06. The van der Waals surface area contributed by atoms with Crippen LogP contribution >= 0.6 is 0 Å². The van der Waals surface area contributed by atoms with Crippen molar-refractivity contribution in [3.63, 3.8) is 0 Å². The number of aryl methyl sites for hydroxylation is 1. The predicted molar refractivity (Wildman–Crippen MR) is 76.0 cm³/mol. The van der Waals surface area contributed by atoms with Crippen molar-refractivity contribution in [2.24, 2.45) is 0 Å². The van der Waals surface area contributed by atoms with Crippen LogP contribution in [0.1, 0.15) is 31.4 Å². The Morgan fingerprint density at radius 1 is 1.37 bits per heavy atom. The zero-order valence-electron chi connectivity index (χ0n) is 11.3. The zero-order valence-corrected chi connectivity index (χ0v) is 11.3. The standard InChI is InChI=1S/C15H19N3O/c1-3-7-13(18-10-4-5-11-18)15(19)17-14-12(2)8-6-9-16-14/h4-6,8-11,13H,3,7H2,1-2H3,(H,16,17,19). The molecule has 0 aliphatic rings. The number of amides is 1. The quantitative estimate of drug-likeness (QED) is 0.894. The summed E-state index contributed by atoms with van der Waals surface area (Å²) in [7, 11) is 0. The van der Waals surface area contributed by atoms with Crippen LogP contribution in [0.4, 0.5) is 5.82 Å². The molecule has 0 spiro atoms. The number of carbonyl (C=O) groups is 1. The van der Waals surface area contributed by atoms with Crippen LogP contribution in [-0.2, 0) is 4.79 Å². The molecular formula is C15H19N3O. The number of pyridine rings is 1. The summed E-state index contributed by atoms with van der Waals surface area (Å²) in [4.78, 5) is 16.6. The lowest BCUT2D eigenvalue weighted by molar-refractivity contribution is -0.119. The van der Waals surface area contributed by atoms with E-state index < -0.39 is 0 Å². The molecule has 1 atom stereocenters. The van der Waals surface area contributed by atoms with Crippen molar-refractivity contribution in [2.75, 3.05) is 5.32 Å². The number of hydrogen-bond acceptors (Lipinski definition) is 2. The molecule has 0 saturated carbocycles. The Bertz CT molecular complexity index is 534. The maximum Gasteiger partial charge on any atom is 0.248 e. The second-order valence-corrected chi connectivity index (χ2v) is 4.59. The fraction of sp³-hybridized carbons (Fsp3) is 0.333. The van der Waals surface area contributed by atoms with Crippen molar-refractivity contribution in [1.29, 1.82) is 0 Å². The van der Waals surface area contributed by atoms with Crippen LogP contribution in [0, 0.1) is 6.92 Å². The molecule has 0 aromatic carbocycles. The first-order valence-corrected chi connectivity index (χ1v) is 6.57. The fourth-order valence-corrected chi connectivity index (χ4v) is 2.06. The number of nitrogens with zero attached hydrogens (tertiary/aromatic N) is 2. The van der Waals surface area contributed by atoms with Gasteiger partial charge in [0.2, 0.25) is 5.91 Å². The average Bonchev–Trinajstić information content (AvgIpc) is 2.92. The van der Waals surface area contributed by atoms with Gasteiger partial charge in [0.05, 0.1) is 0 Å². The average molecular weight is 257 g/mol. The van der Waals surface area contributed by atoms with Gasteiger partial charge in [-0.1, -0.05) is 19.4 Å². The van der Waals surface area contributed by atoms with Gasteiger partial charge in [0.15, 0.2) is 0 Å². The van der Waals surface area contributed by atoms with Gasteiger partial charge in [0.1, 0.15) is 11.9 Å². The van der Waals surface area contributed by atoms with Gasteiger partial charge in [-0.25, -0.2) is 4.98 Å². The van der Waals surface area contributed by atoms with Gasteiger partial charge >= 0.3 is 0 Å². The van der Waals surface area contributed by atoms with Crippen LogP contribution in [0.5, 0.6) is 0 Å². The third kappa shape index (κ3) is 3.22. The van der Waals surface area contributed by atoms with E-state index in [9.17, 15) is 4.79 Å². The highest BCUT2D eigenvalue weighted by atomic mass is 16.2. The smallest absolute Gasteiger partial charge is 0.248 e. The van der Waals surface area contributed by atoms with Gasteiger partial charge in [-0.2, -0.15) is 0 Å². The minimum Gasteiger partial charge on any atom is -0.342 e. The number of carbonyl (C=O) groups excluding carboxylic acids is 1. The molecule has 1 amide bonds. The zero-order chi connectivity index (χ0) is 13.7. The normalized spacial score (nSPS) is 12.1. The molecule has 0 fully saturated rings. The molecule has 100 valence electrons. The lowest BCUT2D eigenvalue weighted by Crippen LogP contribution is -2.26. The van der Waals surface area contributed by atoms with Crippen LogP contribution in [-0.4, -0.2) is 15.5 Å². The lowest BCUT2D eigenvalue weighted by Gasteiger charge is -2.18. The van der Waals surface area contributed by atoms with Crippen LogP contribution in [0.3, 0.4) is 0 Å².